The molecule has 0 aliphatic heterocycles. The maximum absolute atomic E-state index is 9.50. The number of hydrogen-bond acceptors (Lipinski definition) is 14. The molecule has 15 heteroatoms. The van der Waals surface area contributed by atoms with Crippen molar-refractivity contribution in [1.82, 2.24) is 19.9 Å². The second-order valence-corrected chi connectivity index (χ2v) is 11.8. The first-order valence-electron chi connectivity index (χ1n) is 18.2. The molecule has 0 unspecified atom stereocenters. The first kappa shape index (κ1) is 45.4. The van der Waals surface area contributed by atoms with Crippen LogP contribution in [0.3, 0.4) is 0 Å². The third-order valence-electron chi connectivity index (χ3n) is 8.12. The summed E-state index contributed by atoms with van der Waals surface area (Å²) in [6, 6.07) is 27.3. The number of benzene rings is 4. The topological polar surface area (TPSA) is 211 Å². The van der Waals surface area contributed by atoms with Gasteiger partial charge in [-0.3, -0.25) is 4.39 Å². The smallest absolute Gasteiger partial charge is 0.221 e. The Bertz CT molecular complexity index is 1940. The van der Waals surface area contributed by atoms with Gasteiger partial charge >= 0.3 is 0 Å². The van der Waals surface area contributed by atoms with Crippen molar-refractivity contribution in [2.45, 2.75) is 39.9 Å². The van der Waals surface area contributed by atoms with E-state index in [1.807, 2.05) is 98.8 Å². The predicted octanol–water partition coefficient (Wildman–Crippen LogP) is 7.27. The van der Waals surface area contributed by atoms with E-state index in [0.717, 1.165) is 33.4 Å². The highest BCUT2D eigenvalue weighted by Crippen LogP contribution is 2.41. The van der Waals surface area contributed by atoms with Crippen LogP contribution in [-0.2, 0) is 26.1 Å². The molecular formula is C43H53FN8O6. The van der Waals surface area contributed by atoms with E-state index in [2.05, 4.69) is 19.9 Å². The highest BCUT2D eigenvalue weighted by Gasteiger charge is 2.17. The molecule has 8 N–H and O–H groups in total. The summed E-state index contributed by atoms with van der Waals surface area (Å²) in [5.41, 5.74) is 28.5. The van der Waals surface area contributed by atoms with Gasteiger partial charge in [-0.05, 0) is 46.5 Å². The minimum absolute atomic E-state index is 0.149. The maximum Gasteiger partial charge on any atom is 0.221 e. The average Bonchev–Trinajstić information content (AvgIpc) is 3.26. The summed E-state index contributed by atoms with van der Waals surface area (Å²) in [5, 5.41) is 0. The number of nitrogen functional groups attached to an aromatic ring is 4. The normalized spacial score (nSPS) is 9.93. The van der Waals surface area contributed by atoms with Crippen molar-refractivity contribution < 1.29 is 32.8 Å². The fourth-order valence-electron chi connectivity index (χ4n) is 5.40. The Morgan fingerprint density at radius 3 is 1.07 bits per heavy atom. The number of anilines is 4. The number of halogens is 1. The molecule has 0 fully saturated rings. The fourth-order valence-corrected chi connectivity index (χ4v) is 5.40. The van der Waals surface area contributed by atoms with E-state index in [0.29, 0.717) is 79.4 Å². The molecule has 6 aromatic rings. The zero-order valence-electron chi connectivity index (χ0n) is 34.0. The van der Waals surface area contributed by atoms with Gasteiger partial charge in [0.2, 0.25) is 23.4 Å². The van der Waals surface area contributed by atoms with Crippen LogP contribution < -0.4 is 51.4 Å². The van der Waals surface area contributed by atoms with Gasteiger partial charge in [0.15, 0.2) is 23.0 Å². The van der Waals surface area contributed by atoms with Crippen LogP contribution in [0.5, 0.6) is 34.5 Å². The maximum atomic E-state index is 9.50. The first-order valence-corrected chi connectivity index (χ1v) is 18.2. The number of hydrogen-bond donors (Lipinski definition) is 4. The minimum atomic E-state index is 0.149. The van der Waals surface area contributed by atoms with Crippen LogP contribution in [0.1, 0.15) is 47.2 Å². The second kappa shape index (κ2) is 23.8. The Labute approximate surface area is 339 Å². The number of nitrogens with two attached hydrogens (primary N) is 4. The van der Waals surface area contributed by atoms with Crippen LogP contribution in [-0.4, -0.2) is 55.6 Å². The van der Waals surface area contributed by atoms with Gasteiger partial charge in [0.05, 0.1) is 35.6 Å². The van der Waals surface area contributed by atoms with Crippen LogP contribution in [0, 0.1) is 0 Å². The number of nitrogens with zero attached hydrogens (tertiary/aromatic N) is 4. The standard InChI is InChI=1S/2C20H22N4O3.C2H6.CH3F/c2*1-25-16-9-14(8-15-11-23-20(22)24-19(15)21)10-17(26-2)18(16)27-12-13-6-4-3-5-7-13;2*1-2/h2*3-7,9-11H,8,12H2,1-2H3,(H4,21,22,23,24);1-2H3;1H3/i;;;2-1. The number of methoxy groups -OCH3 is 4. The van der Waals surface area contributed by atoms with Gasteiger partial charge in [0.1, 0.15) is 24.8 Å². The molecule has 0 radical (unpaired) electrons. The lowest BCUT2D eigenvalue weighted by molar-refractivity contribution is 0.265. The quantitative estimate of drug-likeness (QED) is 0.0855. The molecule has 0 aliphatic rings. The second-order valence-electron chi connectivity index (χ2n) is 11.8. The molecule has 0 aliphatic carbocycles. The summed E-state index contributed by atoms with van der Waals surface area (Å²) >= 11 is 0. The number of rotatable bonds is 14. The Kier molecular flexibility index (Phi) is 18.6. The molecule has 0 atom stereocenters. The van der Waals surface area contributed by atoms with Gasteiger partial charge in [-0.25, -0.2) is 9.97 Å². The summed E-state index contributed by atoms with van der Waals surface area (Å²) in [5.74, 6) is 4.42. The lowest BCUT2D eigenvalue weighted by Gasteiger charge is -2.16. The van der Waals surface area contributed by atoms with Crippen molar-refractivity contribution in [2.24, 2.45) is 0 Å². The molecule has 0 bridgehead atoms. The van der Waals surface area contributed by atoms with Gasteiger partial charge in [-0.1, -0.05) is 74.5 Å². The third-order valence-corrected chi connectivity index (χ3v) is 8.12. The summed E-state index contributed by atoms with van der Waals surface area (Å²) in [7, 11) is 6.87. The first-order chi connectivity index (χ1) is 28.2. The van der Waals surface area contributed by atoms with Crippen LogP contribution >= 0.6 is 0 Å². The predicted molar refractivity (Wildman–Crippen MR) is 226 cm³/mol. The Morgan fingerprint density at radius 1 is 0.483 bits per heavy atom. The highest BCUT2D eigenvalue weighted by molar-refractivity contribution is 5.57. The van der Waals surface area contributed by atoms with Gasteiger partial charge in [0.25, 0.3) is 0 Å². The van der Waals surface area contributed by atoms with Gasteiger partial charge in [-0.2, -0.15) is 9.97 Å². The monoisotopic (exact) mass is 795 g/mol. The number of alkyl halides is 1. The molecule has 4 aromatic carbocycles. The highest BCUT2D eigenvalue weighted by atomic mass is 18.2. The lowest BCUT2D eigenvalue weighted by atomic mass is 10.1. The van der Waals surface area contributed by atoms with Crippen LogP contribution in [0.15, 0.2) is 97.3 Å². The zero-order chi connectivity index (χ0) is 42.5. The van der Waals surface area contributed by atoms with Gasteiger partial charge < -0.3 is 51.4 Å². The van der Waals surface area contributed by atoms with E-state index in [1.54, 1.807) is 40.8 Å². The van der Waals surface area contributed by atoms with Gasteiger partial charge in [-0.15, -0.1) is 0 Å². The fraction of sp³-hybridized carbons (Fsp3) is 0.256. The summed E-state index contributed by atoms with van der Waals surface area (Å²) in [6.45, 7) is 4.82. The molecule has 0 saturated carbocycles. The summed E-state index contributed by atoms with van der Waals surface area (Å²) in [4.78, 5) is 16.0. The molecule has 58 heavy (non-hydrogen) atoms. The zero-order valence-corrected chi connectivity index (χ0v) is 34.0. The molecule has 308 valence electrons. The number of ether oxygens (including phenoxy) is 6. The van der Waals surface area contributed by atoms with E-state index in [-0.39, 0.29) is 11.9 Å². The van der Waals surface area contributed by atoms with Crippen molar-refractivity contribution in [2.75, 3.05) is 58.6 Å². The van der Waals surface area contributed by atoms with Crippen molar-refractivity contribution in [3.63, 3.8) is 0 Å². The Hall–Kier alpha value is -7.03. The molecule has 2 heterocycles. The van der Waals surface area contributed by atoms with E-state index >= 15 is 0 Å². The molecule has 0 amide bonds. The third kappa shape index (κ3) is 13.0. The van der Waals surface area contributed by atoms with Gasteiger partial charge in [0, 0.05) is 36.4 Å². The van der Waals surface area contributed by atoms with Crippen molar-refractivity contribution >= 4 is 23.5 Å². The van der Waals surface area contributed by atoms with Crippen molar-refractivity contribution in [3.05, 3.63) is 131 Å². The average molecular weight is 796 g/mol. The Balaban J connectivity index is 0.000000286. The lowest BCUT2D eigenvalue weighted by Crippen LogP contribution is -2.05. The van der Waals surface area contributed by atoms with Crippen molar-refractivity contribution in [3.8, 4) is 34.5 Å². The van der Waals surface area contributed by atoms with Crippen molar-refractivity contribution in [1.29, 1.82) is 0 Å². The molecule has 0 saturated heterocycles. The largest absolute Gasteiger partial charge is 0.493 e. The van der Waals surface area contributed by atoms with Crippen LogP contribution in [0.25, 0.3) is 0 Å². The molecule has 6 rings (SSSR count). The van der Waals surface area contributed by atoms with E-state index in [1.165, 1.54) is 0 Å². The molecule has 0 spiro atoms. The van der Waals surface area contributed by atoms with E-state index in [9.17, 15) is 4.39 Å². The Morgan fingerprint density at radius 2 is 0.793 bits per heavy atom. The van der Waals surface area contributed by atoms with Crippen LogP contribution in [0.2, 0.25) is 0 Å². The summed E-state index contributed by atoms with van der Waals surface area (Å²) < 4.78 is 43.5. The summed E-state index contributed by atoms with van der Waals surface area (Å²) in [6.07, 6.45) is 4.27. The molecule has 14 nitrogen and oxygen atoms in total. The SMILES string of the molecule is CC.COc1cc(Cc2cnc(N)nc2N)cc(OC)c1OCc1ccccc1.COc1cc(Cc2cnc(N)nc2N)cc(OC)c1OCc1ccccc1.C[18F]. The number of aromatic nitrogens is 4. The molecule has 2 aromatic heterocycles. The molecular weight excluding hydrogens is 743 g/mol. The minimum Gasteiger partial charge on any atom is -0.493 e. The van der Waals surface area contributed by atoms with E-state index < -0.39 is 0 Å². The van der Waals surface area contributed by atoms with Crippen LogP contribution in [0.4, 0.5) is 27.9 Å². The van der Waals surface area contributed by atoms with E-state index in [4.69, 9.17) is 51.4 Å².